The van der Waals surface area contributed by atoms with Crippen molar-refractivity contribution in [1.82, 2.24) is 9.97 Å². The fraction of sp³-hybridized carbons (Fsp3) is 0.0526. The van der Waals surface area contributed by atoms with Crippen molar-refractivity contribution < 1.29 is 0 Å². The van der Waals surface area contributed by atoms with Crippen LogP contribution in [0.3, 0.4) is 0 Å². The molecule has 3 heterocycles. The molecule has 0 fully saturated rings. The highest BCUT2D eigenvalue weighted by Gasteiger charge is 2.21. The molecule has 1 aliphatic heterocycles. The van der Waals surface area contributed by atoms with E-state index in [1.807, 2.05) is 0 Å². The fourth-order valence-electron chi connectivity index (χ4n) is 6.36. The lowest BCUT2D eigenvalue weighted by Gasteiger charge is -2.27. The number of benzene rings is 5. The predicted octanol–water partition coefficient (Wildman–Crippen LogP) is 10.4. The molecule has 0 spiro atoms. The van der Waals surface area contributed by atoms with Gasteiger partial charge in [0.25, 0.3) is 0 Å². The first-order valence-corrected chi connectivity index (χ1v) is 14.2. The maximum absolute atomic E-state index is 3.76. The predicted molar refractivity (Wildman–Crippen MR) is 175 cm³/mol. The molecule has 196 valence electrons. The summed E-state index contributed by atoms with van der Waals surface area (Å²) in [7, 11) is 0. The Balaban J connectivity index is 1.25. The number of para-hydroxylation sites is 3. The number of H-pyrrole nitrogens is 2. The summed E-state index contributed by atoms with van der Waals surface area (Å²) in [4.78, 5) is 9.81. The van der Waals surface area contributed by atoms with E-state index in [1.165, 1.54) is 61.0 Å². The van der Waals surface area contributed by atoms with Gasteiger partial charge in [0, 0.05) is 56.1 Å². The molecule has 5 aromatic carbocycles. The third-order valence-corrected chi connectivity index (χ3v) is 8.23. The number of aromatic amines is 2. The van der Waals surface area contributed by atoms with Gasteiger partial charge in [0.1, 0.15) is 0 Å². The van der Waals surface area contributed by atoms with Gasteiger partial charge in [0.15, 0.2) is 0 Å². The van der Waals surface area contributed by atoms with Gasteiger partial charge < -0.3 is 14.9 Å². The largest absolute Gasteiger partial charge is 0.358 e. The molecule has 0 amide bonds. The number of hydrogen-bond donors (Lipinski definition) is 2. The van der Waals surface area contributed by atoms with E-state index in [-0.39, 0.29) is 0 Å². The summed E-state index contributed by atoms with van der Waals surface area (Å²) in [5.41, 5.74) is 13.2. The summed E-state index contributed by atoms with van der Waals surface area (Å²) < 4.78 is 0. The van der Waals surface area contributed by atoms with Crippen LogP contribution in [-0.4, -0.2) is 9.97 Å². The normalized spacial score (nSPS) is 12.9. The van der Waals surface area contributed by atoms with Crippen molar-refractivity contribution in [1.29, 1.82) is 0 Å². The second kappa shape index (κ2) is 9.42. The number of hydrogen-bond acceptors (Lipinski definition) is 1. The lowest BCUT2D eigenvalue weighted by atomic mass is 10.0. The van der Waals surface area contributed by atoms with Crippen LogP contribution in [0.2, 0.25) is 0 Å². The monoisotopic (exact) mass is 527 g/mol. The average Bonchev–Trinajstić information content (AvgIpc) is 3.48. The standard InChI is InChI=1S/C38H29N3/c1-2-10-29-30-14-7-8-15-33(30)39-34(29)21-25-17-20-31-32-23-27-19-18-26-11-6-9-16-37(26)41(28-12-4-3-5-13-28)38(27)24-36(32)40-35(31)22-25/h2-20,22-24,39-40H,21H2,1H3. The average molecular weight is 528 g/mol. The first-order chi connectivity index (χ1) is 20.3. The Labute approximate surface area is 239 Å². The van der Waals surface area contributed by atoms with Crippen LogP contribution in [0, 0.1) is 0 Å². The van der Waals surface area contributed by atoms with Gasteiger partial charge >= 0.3 is 0 Å². The summed E-state index contributed by atoms with van der Waals surface area (Å²) in [6, 6.07) is 39.3. The van der Waals surface area contributed by atoms with Crippen LogP contribution in [0.4, 0.5) is 17.1 Å². The smallest absolute Gasteiger partial charge is 0.0555 e. The molecule has 2 aromatic heterocycles. The second-order valence-corrected chi connectivity index (χ2v) is 10.8. The van der Waals surface area contributed by atoms with Crippen molar-refractivity contribution in [2.75, 3.05) is 4.90 Å². The summed E-state index contributed by atoms with van der Waals surface area (Å²) in [5, 5.41) is 3.76. The van der Waals surface area contributed by atoms with E-state index in [0.29, 0.717) is 0 Å². The minimum atomic E-state index is 0.845. The summed E-state index contributed by atoms with van der Waals surface area (Å²) >= 11 is 0. The van der Waals surface area contributed by atoms with E-state index in [2.05, 4.69) is 155 Å². The molecule has 3 nitrogen and oxygen atoms in total. The van der Waals surface area contributed by atoms with Gasteiger partial charge in [-0.05, 0) is 66.1 Å². The Bertz CT molecular complexity index is 2140. The van der Waals surface area contributed by atoms with Crippen molar-refractivity contribution in [3.63, 3.8) is 0 Å². The maximum atomic E-state index is 3.76. The third-order valence-electron chi connectivity index (χ3n) is 8.23. The summed E-state index contributed by atoms with van der Waals surface area (Å²) in [5.74, 6) is 0. The zero-order valence-electron chi connectivity index (χ0n) is 22.9. The molecule has 3 heteroatoms. The molecule has 0 bridgehead atoms. The number of allylic oxidation sites excluding steroid dienone is 1. The van der Waals surface area contributed by atoms with Crippen LogP contribution >= 0.6 is 0 Å². The highest BCUT2D eigenvalue weighted by atomic mass is 15.1. The van der Waals surface area contributed by atoms with Gasteiger partial charge in [-0.1, -0.05) is 91.0 Å². The second-order valence-electron chi connectivity index (χ2n) is 10.8. The number of nitrogens with one attached hydrogen (secondary N) is 2. The van der Waals surface area contributed by atoms with Gasteiger partial charge in [0.05, 0.1) is 11.4 Å². The minimum absolute atomic E-state index is 0.845. The first kappa shape index (κ1) is 23.6. The van der Waals surface area contributed by atoms with Gasteiger partial charge in [0.2, 0.25) is 0 Å². The third kappa shape index (κ3) is 3.89. The quantitative estimate of drug-likeness (QED) is 0.235. The van der Waals surface area contributed by atoms with Gasteiger partial charge in [-0.25, -0.2) is 0 Å². The van der Waals surface area contributed by atoms with Crippen LogP contribution in [-0.2, 0) is 6.42 Å². The van der Waals surface area contributed by atoms with E-state index in [0.717, 1.165) is 23.1 Å². The molecule has 0 atom stereocenters. The molecular weight excluding hydrogens is 498 g/mol. The van der Waals surface area contributed by atoms with Crippen molar-refractivity contribution in [2.24, 2.45) is 0 Å². The molecular formula is C38H29N3. The van der Waals surface area contributed by atoms with Crippen LogP contribution in [0.1, 0.15) is 34.9 Å². The molecule has 0 radical (unpaired) electrons. The lowest BCUT2D eigenvalue weighted by Crippen LogP contribution is -2.11. The number of aromatic nitrogens is 2. The lowest BCUT2D eigenvalue weighted by molar-refractivity contribution is 1.12. The van der Waals surface area contributed by atoms with Gasteiger partial charge in [-0.2, -0.15) is 0 Å². The Morgan fingerprint density at radius 2 is 1.39 bits per heavy atom. The van der Waals surface area contributed by atoms with Crippen molar-refractivity contribution >= 4 is 68.0 Å². The molecule has 0 aliphatic carbocycles. The van der Waals surface area contributed by atoms with Crippen LogP contribution in [0.15, 0.2) is 115 Å². The Hall–Kier alpha value is -5.28. The summed E-state index contributed by atoms with van der Waals surface area (Å²) in [6.45, 7) is 2.08. The van der Waals surface area contributed by atoms with Crippen LogP contribution in [0.25, 0.3) is 50.9 Å². The van der Waals surface area contributed by atoms with E-state index in [4.69, 9.17) is 0 Å². The molecule has 41 heavy (non-hydrogen) atoms. The number of anilines is 3. The highest BCUT2D eigenvalue weighted by molar-refractivity contribution is 6.11. The van der Waals surface area contributed by atoms with Crippen molar-refractivity contribution in [3.05, 3.63) is 143 Å². The highest BCUT2D eigenvalue weighted by Crippen LogP contribution is 2.44. The zero-order chi connectivity index (χ0) is 27.3. The van der Waals surface area contributed by atoms with Crippen molar-refractivity contribution in [3.8, 4) is 0 Å². The van der Waals surface area contributed by atoms with Gasteiger partial charge in [-0.3, -0.25) is 0 Å². The Morgan fingerprint density at radius 1 is 0.610 bits per heavy atom. The molecule has 0 saturated heterocycles. The molecule has 2 N–H and O–H groups in total. The zero-order valence-corrected chi connectivity index (χ0v) is 22.9. The molecule has 7 aromatic rings. The van der Waals surface area contributed by atoms with E-state index in [9.17, 15) is 0 Å². The topological polar surface area (TPSA) is 34.8 Å². The number of rotatable bonds is 4. The molecule has 8 rings (SSSR count). The maximum Gasteiger partial charge on any atom is 0.0555 e. The SMILES string of the molecule is CC=Cc1c(Cc2ccc3c(c2)[nH]c2cc4c(cc23)C=Cc2ccccc2N4c2ccccc2)[nH]c2ccccc12. The van der Waals surface area contributed by atoms with E-state index in [1.54, 1.807) is 0 Å². The first-order valence-electron chi connectivity index (χ1n) is 14.2. The van der Waals surface area contributed by atoms with Crippen molar-refractivity contribution in [2.45, 2.75) is 13.3 Å². The Morgan fingerprint density at radius 3 is 2.29 bits per heavy atom. The van der Waals surface area contributed by atoms with E-state index >= 15 is 0 Å². The number of nitrogens with zero attached hydrogens (tertiary/aromatic N) is 1. The molecule has 0 unspecified atom stereocenters. The summed E-state index contributed by atoms with van der Waals surface area (Å²) in [6.07, 6.45) is 9.67. The van der Waals surface area contributed by atoms with Gasteiger partial charge in [-0.15, -0.1) is 0 Å². The fourth-order valence-corrected chi connectivity index (χ4v) is 6.36. The molecule has 1 aliphatic rings. The van der Waals surface area contributed by atoms with E-state index < -0.39 is 0 Å². The van der Waals surface area contributed by atoms with Crippen LogP contribution < -0.4 is 4.90 Å². The van der Waals surface area contributed by atoms with Crippen LogP contribution in [0.5, 0.6) is 0 Å². The molecule has 0 saturated carbocycles. The minimum Gasteiger partial charge on any atom is -0.358 e. The number of fused-ring (bicyclic) bond motifs is 6. The Kier molecular flexibility index (Phi) is 5.42.